The van der Waals surface area contributed by atoms with E-state index in [1.54, 1.807) is 6.07 Å². The average molecular weight is 360 g/mol. The first-order chi connectivity index (χ1) is 12.6. The van der Waals surface area contributed by atoms with Crippen molar-refractivity contribution in [2.75, 3.05) is 6.61 Å². The third-order valence-corrected chi connectivity index (χ3v) is 5.32. The molecule has 1 aromatic rings. The van der Waals surface area contributed by atoms with Gasteiger partial charge in [0.15, 0.2) is 5.79 Å². The summed E-state index contributed by atoms with van der Waals surface area (Å²) in [6.07, 6.45) is 10.3. The highest BCUT2D eigenvalue weighted by molar-refractivity contribution is 5.66. The minimum Gasteiger partial charge on any atom is -0.508 e. The van der Waals surface area contributed by atoms with Gasteiger partial charge >= 0.3 is 5.97 Å². The molecule has 1 aromatic carbocycles. The lowest BCUT2D eigenvalue weighted by Crippen LogP contribution is -2.46. The van der Waals surface area contributed by atoms with Crippen LogP contribution in [-0.4, -0.2) is 28.6 Å². The van der Waals surface area contributed by atoms with E-state index in [9.17, 15) is 9.90 Å². The summed E-state index contributed by atoms with van der Waals surface area (Å²) < 4.78 is 12.7. The molecule has 1 saturated carbocycles. The predicted molar refractivity (Wildman–Crippen MR) is 97.8 cm³/mol. The molecule has 1 aliphatic carbocycles. The maximum Gasteiger partial charge on any atom is 0.303 e. The van der Waals surface area contributed by atoms with Crippen LogP contribution in [0, 0.1) is 5.92 Å². The van der Waals surface area contributed by atoms with Crippen LogP contribution < -0.4 is 0 Å². The van der Waals surface area contributed by atoms with Gasteiger partial charge in [0.1, 0.15) is 5.75 Å². The number of ether oxygens (including phenoxy) is 2. The zero-order chi connectivity index (χ0) is 18.4. The molecule has 2 atom stereocenters. The maximum absolute atomic E-state index is 10.6. The number of aliphatic carboxylic acids is 1. The van der Waals surface area contributed by atoms with E-state index in [0.29, 0.717) is 13.0 Å². The number of hydrogen-bond donors (Lipinski definition) is 2. The van der Waals surface area contributed by atoms with Gasteiger partial charge in [0.2, 0.25) is 0 Å². The minimum atomic E-state index is -0.787. The Balaban J connectivity index is 1.72. The summed E-state index contributed by atoms with van der Waals surface area (Å²) in [7, 11) is 0. The van der Waals surface area contributed by atoms with Crippen molar-refractivity contribution in [3.63, 3.8) is 0 Å². The molecule has 0 aromatic heterocycles. The van der Waals surface area contributed by atoms with Crippen LogP contribution in [0.1, 0.15) is 63.0 Å². The highest BCUT2D eigenvalue weighted by Crippen LogP contribution is 2.46. The third kappa shape index (κ3) is 4.65. The van der Waals surface area contributed by atoms with E-state index in [4.69, 9.17) is 14.6 Å². The molecule has 2 aliphatic rings. The zero-order valence-corrected chi connectivity index (χ0v) is 15.1. The van der Waals surface area contributed by atoms with E-state index in [1.165, 1.54) is 6.42 Å². The molecule has 1 spiro atoms. The van der Waals surface area contributed by atoms with Crippen LogP contribution in [0.2, 0.25) is 0 Å². The Labute approximate surface area is 154 Å². The summed E-state index contributed by atoms with van der Waals surface area (Å²) in [6, 6.07) is 7.35. The van der Waals surface area contributed by atoms with Crippen molar-refractivity contribution in [2.45, 2.75) is 63.3 Å². The molecule has 0 amide bonds. The van der Waals surface area contributed by atoms with Gasteiger partial charge in [-0.1, -0.05) is 36.8 Å². The SMILES string of the molecule is O=C(O)CCC=CCC1COC2(CCCCC2)OC1c1ccccc1O. The number of carbonyl (C=O) groups is 1. The highest BCUT2D eigenvalue weighted by Gasteiger charge is 2.44. The lowest BCUT2D eigenvalue weighted by atomic mass is 9.87. The molecule has 5 nitrogen and oxygen atoms in total. The average Bonchev–Trinajstić information content (AvgIpc) is 2.63. The molecule has 0 radical (unpaired) electrons. The van der Waals surface area contributed by atoms with E-state index in [1.807, 2.05) is 30.4 Å². The van der Waals surface area contributed by atoms with Crippen LogP contribution in [0.5, 0.6) is 5.75 Å². The fourth-order valence-electron chi connectivity index (χ4n) is 3.89. The van der Waals surface area contributed by atoms with Crippen molar-refractivity contribution in [3.05, 3.63) is 42.0 Å². The first kappa shape index (κ1) is 18.9. The van der Waals surface area contributed by atoms with Gasteiger partial charge in [-0.3, -0.25) is 4.79 Å². The molecular formula is C21H28O5. The Morgan fingerprint density at radius 2 is 1.96 bits per heavy atom. The Hall–Kier alpha value is -1.85. The molecule has 2 fully saturated rings. The van der Waals surface area contributed by atoms with Crippen molar-refractivity contribution >= 4 is 5.97 Å². The Morgan fingerprint density at radius 3 is 2.69 bits per heavy atom. The predicted octanol–water partition coefficient (Wildman–Crippen LogP) is 4.57. The normalized spacial score (nSPS) is 25.5. The second kappa shape index (κ2) is 8.69. The minimum absolute atomic E-state index is 0.0944. The number of phenolic OH excluding ortho intramolecular Hbond substituents is 1. The van der Waals surface area contributed by atoms with Crippen molar-refractivity contribution in [2.24, 2.45) is 5.92 Å². The standard InChI is InChI=1S/C21H28O5/c22-18-11-6-5-10-17(18)20-16(9-3-1-4-12-19(23)24)15-25-21(26-20)13-7-2-8-14-21/h1,3,5-6,10-11,16,20,22H,2,4,7-9,12-15H2,(H,23,24). The van der Waals surface area contributed by atoms with Gasteiger partial charge in [0.05, 0.1) is 12.7 Å². The summed E-state index contributed by atoms with van der Waals surface area (Å²) in [4.78, 5) is 10.6. The van der Waals surface area contributed by atoms with Gasteiger partial charge in [0.25, 0.3) is 0 Å². The Bertz CT molecular complexity index is 633. The van der Waals surface area contributed by atoms with E-state index >= 15 is 0 Å². The maximum atomic E-state index is 10.6. The number of para-hydroxylation sites is 1. The molecule has 0 bridgehead atoms. The molecule has 1 heterocycles. The van der Waals surface area contributed by atoms with Crippen LogP contribution in [0.3, 0.4) is 0 Å². The molecule has 5 heteroatoms. The van der Waals surface area contributed by atoms with Gasteiger partial charge in [-0.2, -0.15) is 0 Å². The fraction of sp³-hybridized carbons (Fsp3) is 0.571. The smallest absolute Gasteiger partial charge is 0.303 e. The van der Waals surface area contributed by atoms with Gasteiger partial charge in [-0.25, -0.2) is 0 Å². The number of rotatable bonds is 6. The first-order valence-electron chi connectivity index (χ1n) is 9.56. The number of carboxylic acids is 1. The summed E-state index contributed by atoms with van der Waals surface area (Å²) in [5.74, 6) is -0.957. The fourth-order valence-corrected chi connectivity index (χ4v) is 3.89. The molecule has 3 rings (SSSR count). The van der Waals surface area contributed by atoms with E-state index in [-0.39, 0.29) is 24.2 Å². The Kier molecular flexibility index (Phi) is 6.33. The van der Waals surface area contributed by atoms with Gasteiger partial charge in [-0.05, 0) is 31.7 Å². The number of hydrogen-bond acceptors (Lipinski definition) is 4. The number of allylic oxidation sites excluding steroid dienone is 2. The van der Waals surface area contributed by atoms with Crippen LogP contribution in [0.15, 0.2) is 36.4 Å². The summed E-state index contributed by atoms with van der Waals surface area (Å²) >= 11 is 0. The largest absolute Gasteiger partial charge is 0.508 e. The quantitative estimate of drug-likeness (QED) is 0.727. The third-order valence-electron chi connectivity index (χ3n) is 5.32. The van der Waals surface area contributed by atoms with E-state index in [0.717, 1.165) is 37.7 Å². The molecular weight excluding hydrogens is 332 g/mol. The second-order valence-electron chi connectivity index (χ2n) is 7.28. The molecule has 2 N–H and O–H groups in total. The zero-order valence-electron chi connectivity index (χ0n) is 15.1. The molecule has 1 aliphatic heterocycles. The summed E-state index contributed by atoms with van der Waals surface area (Å²) in [5, 5.41) is 19.1. The highest BCUT2D eigenvalue weighted by atomic mass is 16.7. The van der Waals surface area contributed by atoms with Crippen molar-refractivity contribution in [1.82, 2.24) is 0 Å². The number of benzene rings is 1. The van der Waals surface area contributed by atoms with Crippen molar-refractivity contribution in [1.29, 1.82) is 0 Å². The molecule has 26 heavy (non-hydrogen) atoms. The van der Waals surface area contributed by atoms with Gasteiger partial charge in [-0.15, -0.1) is 0 Å². The summed E-state index contributed by atoms with van der Waals surface area (Å²) in [6.45, 7) is 0.586. The number of aromatic hydroxyl groups is 1. The van der Waals surface area contributed by atoms with Crippen LogP contribution in [0.25, 0.3) is 0 Å². The van der Waals surface area contributed by atoms with Crippen molar-refractivity contribution < 1.29 is 24.5 Å². The lowest BCUT2D eigenvalue weighted by molar-refractivity contribution is -0.325. The molecule has 142 valence electrons. The van der Waals surface area contributed by atoms with E-state index < -0.39 is 11.8 Å². The first-order valence-corrected chi connectivity index (χ1v) is 9.56. The van der Waals surface area contributed by atoms with E-state index in [2.05, 4.69) is 0 Å². The monoisotopic (exact) mass is 360 g/mol. The summed E-state index contributed by atoms with van der Waals surface area (Å²) in [5.41, 5.74) is 0.810. The van der Waals surface area contributed by atoms with Gasteiger partial charge in [0, 0.05) is 30.7 Å². The second-order valence-corrected chi connectivity index (χ2v) is 7.28. The number of carboxylic acid groups (broad SMARTS) is 1. The van der Waals surface area contributed by atoms with Crippen LogP contribution in [-0.2, 0) is 14.3 Å². The molecule has 1 saturated heterocycles. The lowest BCUT2D eigenvalue weighted by Gasteiger charge is -2.46. The Morgan fingerprint density at radius 1 is 1.19 bits per heavy atom. The number of phenols is 1. The van der Waals surface area contributed by atoms with Crippen LogP contribution >= 0.6 is 0 Å². The molecule has 2 unspecified atom stereocenters. The topological polar surface area (TPSA) is 76.0 Å². The van der Waals surface area contributed by atoms with Gasteiger partial charge < -0.3 is 19.7 Å². The van der Waals surface area contributed by atoms with Crippen LogP contribution in [0.4, 0.5) is 0 Å². The van der Waals surface area contributed by atoms with Crippen molar-refractivity contribution in [3.8, 4) is 5.75 Å².